The number of rotatable bonds is 8. The van der Waals surface area contributed by atoms with Gasteiger partial charge in [-0.3, -0.25) is 9.67 Å². The number of hydrogen-bond donors (Lipinski definition) is 1. The van der Waals surface area contributed by atoms with E-state index in [4.69, 9.17) is 14.6 Å². The molecule has 3 heterocycles. The lowest BCUT2D eigenvalue weighted by Crippen LogP contribution is -2.05. The van der Waals surface area contributed by atoms with Crippen molar-refractivity contribution in [1.29, 1.82) is 0 Å². The minimum absolute atomic E-state index is 0.0390. The minimum atomic E-state index is 0.0390. The fourth-order valence-electron chi connectivity index (χ4n) is 3.20. The summed E-state index contributed by atoms with van der Waals surface area (Å²) in [6.45, 7) is 2.90. The number of ether oxygens (including phenoxy) is 2. The molecule has 1 N–H and O–H groups in total. The first kappa shape index (κ1) is 18.4. The van der Waals surface area contributed by atoms with E-state index in [0.29, 0.717) is 36.7 Å². The van der Waals surface area contributed by atoms with Gasteiger partial charge < -0.3 is 14.6 Å². The van der Waals surface area contributed by atoms with Gasteiger partial charge in [0.2, 0.25) is 5.88 Å². The van der Waals surface area contributed by atoms with Gasteiger partial charge in [0.25, 0.3) is 0 Å². The summed E-state index contributed by atoms with van der Waals surface area (Å²) < 4.78 is 12.9. The summed E-state index contributed by atoms with van der Waals surface area (Å²) in [5, 5.41) is 13.3. The Balaban J connectivity index is 1.44. The van der Waals surface area contributed by atoms with E-state index in [1.807, 2.05) is 25.3 Å². The molecule has 3 aromatic heterocycles. The number of aliphatic hydroxyl groups is 1. The molecule has 2 atom stereocenters. The molecular weight excluding hydrogens is 358 g/mol. The van der Waals surface area contributed by atoms with Crippen LogP contribution in [-0.2, 0) is 6.54 Å². The number of hydrogen-bond acceptors (Lipinski definition) is 7. The van der Waals surface area contributed by atoms with E-state index in [0.717, 1.165) is 29.0 Å². The molecule has 0 saturated heterocycles. The minimum Gasteiger partial charge on any atom is -0.495 e. The van der Waals surface area contributed by atoms with E-state index in [-0.39, 0.29) is 6.61 Å². The van der Waals surface area contributed by atoms with E-state index < -0.39 is 0 Å². The maximum Gasteiger partial charge on any atom is 0.224 e. The summed E-state index contributed by atoms with van der Waals surface area (Å²) in [4.78, 5) is 13.2. The number of nitrogens with zero attached hydrogens (tertiary/aromatic N) is 5. The van der Waals surface area contributed by atoms with Gasteiger partial charge in [-0.2, -0.15) is 10.1 Å². The fourth-order valence-corrected chi connectivity index (χ4v) is 3.20. The summed E-state index contributed by atoms with van der Waals surface area (Å²) in [5.41, 5.74) is 2.74. The first-order chi connectivity index (χ1) is 13.7. The maximum absolute atomic E-state index is 9.07. The predicted octanol–water partition coefficient (Wildman–Crippen LogP) is 2.23. The van der Waals surface area contributed by atoms with Crippen molar-refractivity contribution in [3.63, 3.8) is 0 Å². The molecule has 0 aromatic carbocycles. The zero-order valence-corrected chi connectivity index (χ0v) is 15.9. The molecule has 8 heteroatoms. The molecule has 28 heavy (non-hydrogen) atoms. The molecule has 0 unspecified atom stereocenters. The molecule has 1 saturated carbocycles. The van der Waals surface area contributed by atoms with E-state index >= 15 is 0 Å². The molecular formula is C20H23N5O3. The molecule has 0 aliphatic heterocycles. The molecule has 8 nitrogen and oxygen atoms in total. The Labute approximate surface area is 163 Å². The molecule has 146 valence electrons. The van der Waals surface area contributed by atoms with E-state index in [1.165, 1.54) is 0 Å². The van der Waals surface area contributed by atoms with Crippen LogP contribution in [0.1, 0.15) is 23.9 Å². The number of aliphatic hydroxyl groups excluding tert-OH is 1. The van der Waals surface area contributed by atoms with Crippen molar-refractivity contribution in [3.05, 3.63) is 48.4 Å². The lowest BCUT2D eigenvalue weighted by molar-refractivity contribution is 0.269. The highest BCUT2D eigenvalue weighted by Gasteiger charge is 2.40. The van der Waals surface area contributed by atoms with Gasteiger partial charge >= 0.3 is 0 Å². The van der Waals surface area contributed by atoms with Crippen molar-refractivity contribution in [2.24, 2.45) is 5.92 Å². The quantitative estimate of drug-likeness (QED) is 0.639. The van der Waals surface area contributed by atoms with E-state index in [1.54, 1.807) is 30.4 Å². The zero-order chi connectivity index (χ0) is 19.5. The lowest BCUT2D eigenvalue weighted by atomic mass is 10.2. The predicted molar refractivity (Wildman–Crippen MR) is 102 cm³/mol. The third-order valence-corrected chi connectivity index (χ3v) is 4.88. The average Bonchev–Trinajstić information content (AvgIpc) is 3.35. The van der Waals surface area contributed by atoms with Gasteiger partial charge in [0.15, 0.2) is 0 Å². The van der Waals surface area contributed by atoms with Crippen molar-refractivity contribution in [2.45, 2.75) is 25.8 Å². The van der Waals surface area contributed by atoms with Crippen molar-refractivity contribution in [1.82, 2.24) is 24.7 Å². The molecule has 0 amide bonds. The Morgan fingerprint density at radius 3 is 2.86 bits per heavy atom. The van der Waals surface area contributed by atoms with Gasteiger partial charge in [0.05, 0.1) is 44.8 Å². The summed E-state index contributed by atoms with van der Waals surface area (Å²) >= 11 is 0. The van der Waals surface area contributed by atoms with Crippen LogP contribution in [0.2, 0.25) is 0 Å². The van der Waals surface area contributed by atoms with Gasteiger partial charge in [0.1, 0.15) is 11.6 Å². The van der Waals surface area contributed by atoms with Gasteiger partial charge in [-0.1, -0.05) is 0 Å². The Morgan fingerprint density at radius 2 is 2.11 bits per heavy atom. The molecule has 0 radical (unpaired) electrons. The summed E-state index contributed by atoms with van der Waals surface area (Å²) in [7, 11) is 1.64. The van der Waals surface area contributed by atoms with E-state index in [2.05, 4.69) is 20.1 Å². The summed E-state index contributed by atoms with van der Waals surface area (Å²) in [5.74, 6) is 2.81. The first-order valence-corrected chi connectivity index (χ1v) is 9.28. The molecule has 0 bridgehead atoms. The maximum atomic E-state index is 9.07. The molecule has 1 aliphatic carbocycles. The zero-order valence-electron chi connectivity index (χ0n) is 15.9. The molecule has 4 rings (SSSR count). The van der Waals surface area contributed by atoms with Crippen LogP contribution in [0.15, 0.2) is 36.9 Å². The third kappa shape index (κ3) is 3.96. The first-order valence-electron chi connectivity index (χ1n) is 9.28. The van der Waals surface area contributed by atoms with Gasteiger partial charge in [0, 0.05) is 35.5 Å². The van der Waals surface area contributed by atoms with Crippen LogP contribution in [-0.4, -0.2) is 50.2 Å². The number of methoxy groups -OCH3 is 1. The third-order valence-electron chi connectivity index (χ3n) is 4.88. The van der Waals surface area contributed by atoms with Crippen LogP contribution in [0.4, 0.5) is 0 Å². The van der Waals surface area contributed by atoms with Crippen molar-refractivity contribution < 1.29 is 14.6 Å². The fraction of sp³-hybridized carbons (Fsp3) is 0.400. The van der Waals surface area contributed by atoms with Gasteiger partial charge in [-0.25, -0.2) is 4.98 Å². The molecule has 1 aliphatic rings. The van der Waals surface area contributed by atoms with Crippen molar-refractivity contribution in [2.75, 3.05) is 20.3 Å². The number of pyridine rings is 1. The van der Waals surface area contributed by atoms with Crippen LogP contribution in [0.25, 0.3) is 11.1 Å². The summed E-state index contributed by atoms with van der Waals surface area (Å²) in [6, 6.07) is 3.95. The van der Waals surface area contributed by atoms with Crippen LogP contribution in [0, 0.1) is 12.8 Å². The highest BCUT2D eigenvalue weighted by molar-refractivity contribution is 5.66. The largest absolute Gasteiger partial charge is 0.495 e. The highest BCUT2D eigenvalue weighted by atomic mass is 16.5. The van der Waals surface area contributed by atoms with Crippen LogP contribution < -0.4 is 9.47 Å². The second-order valence-electron chi connectivity index (χ2n) is 6.89. The lowest BCUT2D eigenvalue weighted by Gasteiger charge is -2.10. The van der Waals surface area contributed by atoms with Gasteiger partial charge in [-0.15, -0.1) is 0 Å². The normalized spacial score (nSPS) is 18.1. The van der Waals surface area contributed by atoms with Crippen LogP contribution in [0.3, 0.4) is 0 Å². The monoisotopic (exact) mass is 381 g/mol. The average molecular weight is 381 g/mol. The smallest absolute Gasteiger partial charge is 0.224 e. The Bertz CT molecular complexity index is 941. The Hall–Kier alpha value is -3.00. The second-order valence-corrected chi connectivity index (χ2v) is 6.89. The van der Waals surface area contributed by atoms with Gasteiger partial charge in [-0.05, 0) is 25.5 Å². The number of aryl methyl sites for hydroxylation is 1. The second kappa shape index (κ2) is 7.93. The number of aromatic nitrogens is 5. The SMILES string of the molecule is COc1ccc([C@H]2C[C@@H]2COc2nc(C)ncc2-c2cnn(CCO)c2)nc1. The molecule has 3 aromatic rings. The Kier molecular flexibility index (Phi) is 5.21. The molecule has 1 fully saturated rings. The van der Waals surface area contributed by atoms with Crippen molar-refractivity contribution >= 4 is 0 Å². The van der Waals surface area contributed by atoms with Crippen molar-refractivity contribution in [3.8, 4) is 22.8 Å². The Morgan fingerprint density at radius 1 is 1.21 bits per heavy atom. The highest BCUT2D eigenvalue weighted by Crippen LogP contribution is 2.47. The summed E-state index contributed by atoms with van der Waals surface area (Å²) in [6.07, 6.45) is 8.15. The van der Waals surface area contributed by atoms with E-state index in [9.17, 15) is 0 Å². The molecule has 0 spiro atoms. The standard InChI is InChI=1S/C20H23N5O3/c1-13-21-10-18(15-8-23-25(11-15)5-6-26)20(24-13)28-12-14-7-17(14)19-4-3-16(27-2)9-22-19/h3-4,8-11,14,17,26H,5-7,12H2,1-2H3/t14-,17+/m1/s1. The topological polar surface area (TPSA) is 95.2 Å². The van der Waals surface area contributed by atoms with Crippen LogP contribution >= 0.6 is 0 Å². The van der Waals surface area contributed by atoms with Crippen LogP contribution in [0.5, 0.6) is 11.6 Å².